The van der Waals surface area contributed by atoms with Crippen LogP contribution in [0, 0.1) is 27.7 Å². The first-order valence-corrected chi connectivity index (χ1v) is 6.24. The van der Waals surface area contributed by atoms with Crippen molar-refractivity contribution >= 4 is 11.6 Å². The molecule has 0 fully saturated rings. The summed E-state index contributed by atoms with van der Waals surface area (Å²) in [5, 5.41) is 2.94. The Hall–Kier alpha value is -2.10. The summed E-state index contributed by atoms with van der Waals surface area (Å²) in [7, 11) is 0. The number of oxazole rings is 1. The van der Waals surface area contributed by atoms with E-state index in [2.05, 4.69) is 22.4 Å². The van der Waals surface area contributed by atoms with Crippen LogP contribution in [0.4, 0.5) is 5.69 Å². The van der Waals surface area contributed by atoms with Crippen molar-refractivity contribution in [2.24, 2.45) is 0 Å². The van der Waals surface area contributed by atoms with Gasteiger partial charge in [-0.05, 0) is 38.8 Å². The van der Waals surface area contributed by atoms with Crippen molar-refractivity contribution in [1.29, 1.82) is 0 Å². The lowest BCUT2D eigenvalue weighted by Gasteiger charge is -2.12. The number of benzene rings is 1. The highest BCUT2D eigenvalue weighted by Crippen LogP contribution is 2.22. The number of anilines is 1. The molecule has 4 nitrogen and oxygen atoms in total. The molecule has 0 saturated carbocycles. The summed E-state index contributed by atoms with van der Waals surface area (Å²) >= 11 is 0. The van der Waals surface area contributed by atoms with Crippen LogP contribution in [0.1, 0.15) is 28.1 Å². The van der Waals surface area contributed by atoms with Crippen molar-refractivity contribution in [2.45, 2.75) is 34.1 Å². The van der Waals surface area contributed by atoms with E-state index in [1.807, 2.05) is 27.7 Å². The van der Waals surface area contributed by atoms with Gasteiger partial charge in [0.2, 0.25) is 5.91 Å². The van der Waals surface area contributed by atoms with E-state index in [0.717, 1.165) is 22.5 Å². The molecule has 19 heavy (non-hydrogen) atoms. The van der Waals surface area contributed by atoms with Crippen LogP contribution >= 0.6 is 0 Å². The van der Waals surface area contributed by atoms with Crippen molar-refractivity contribution in [3.05, 3.63) is 46.7 Å². The van der Waals surface area contributed by atoms with E-state index in [4.69, 9.17) is 4.42 Å². The molecule has 4 heteroatoms. The molecular weight excluding hydrogens is 240 g/mol. The molecule has 100 valence electrons. The van der Waals surface area contributed by atoms with Gasteiger partial charge in [-0.3, -0.25) is 4.79 Å². The van der Waals surface area contributed by atoms with Crippen molar-refractivity contribution < 1.29 is 9.21 Å². The zero-order valence-corrected chi connectivity index (χ0v) is 11.7. The summed E-state index contributed by atoms with van der Waals surface area (Å²) in [5.74, 6) is 0.523. The SMILES string of the molecule is Cc1cc(C)c(NC(=O)Cc2ocnc2C)c(C)c1. The molecular formula is C15H18N2O2. The van der Waals surface area contributed by atoms with Gasteiger partial charge in [-0.15, -0.1) is 0 Å². The minimum atomic E-state index is -0.0881. The Morgan fingerprint density at radius 1 is 1.21 bits per heavy atom. The molecule has 0 saturated heterocycles. The zero-order valence-electron chi connectivity index (χ0n) is 11.7. The molecule has 2 rings (SSSR count). The molecule has 0 aliphatic carbocycles. The van der Waals surface area contributed by atoms with Gasteiger partial charge in [0.25, 0.3) is 0 Å². The van der Waals surface area contributed by atoms with Gasteiger partial charge in [0, 0.05) is 5.69 Å². The zero-order chi connectivity index (χ0) is 14.0. The molecule has 1 amide bonds. The van der Waals surface area contributed by atoms with Gasteiger partial charge in [-0.2, -0.15) is 0 Å². The topological polar surface area (TPSA) is 55.1 Å². The maximum atomic E-state index is 12.0. The van der Waals surface area contributed by atoms with Gasteiger partial charge in [-0.25, -0.2) is 4.98 Å². The first-order chi connectivity index (χ1) is 8.97. The Morgan fingerprint density at radius 3 is 2.37 bits per heavy atom. The summed E-state index contributed by atoms with van der Waals surface area (Å²) in [6.07, 6.45) is 1.57. The van der Waals surface area contributed by atoms with Crippen LogP contribution in [0.25, 0.3) is 0 Å². The average molecular weight is 258 g/mol. The number of carbonyl (C=O) groups excluding carboxylic acids is 1. The van der Waals surface area contributed by atoms with Crippen LogP contribution in [-0.2, 0) is 11.2 Å². The van der Waals surface area contributed by atoms with E-state index < -0.39 is 0 Å². The van der Waals surface area contributed by atoms with Crippen molar-refractivity contribution in [3.63, 3.8) is 0 Å². The number of rotatable bonds is 3. The predicted molar refractivity (Wildman–Crippen MR) is 74.2 cm³/mol. The lowest BCUT2D eigenvalue weighted by atomic mass is 10.0. The van der Waals surface area contributed by atoms with Crippen molar-refractivity contribution in [2.75, 3.05) is 5.32 Å². The molecule has 1 aromatic carbocycles. The summed E-state index contributed by atoms with van der Waals surface area (Å²) in [4.78, 5) is 16.0. The molecule has 1 N–H and O–H groups in total. The van der Waals surface area contributed by atoms with Gasteiger partial charge in [0.1, 0.15) is 5.76 Å². The van der Waals surface area contributed by atoms with E-state index in [0.29, 0.717) is 5.76 Å². The third-order valence-corrected chi connectivity index (χ3v) is 3.11. The second-order valence-corrected chi connectivity index (χ2v) is 4.86. The van der Waals surface area contributed by atoms with E-state index in [-0.39, 0.29) is 12.3 Å². The quantitative estimate of drug-likeness (QED) is 0.920. The molecule has 0 aliphatic rings. The molecule has 1 heterocycles. The number of aryl methyl sites for hydroxylation is 4. The van der Waals surface area contributed by atoms with Gasteiger partial charge in [-0.1, -0.05) is 17.7 Å². The smallest absolute Gasteiger partial charge is 0.232 e. The highest BCUT2D eigenvalue weighted by molar-refractivity contribution is 5.93. The Kier molecular flexibility index (Phi) is 3.69. The number of nitrogens with zero attached hydrogens (tertiary/aromatic N) is 1. The van der Waals surface area contributed by atoms with E-state index in [9.17, 15) is 4.79 Å². The molecule has 2 aromatic rings. The largest absolute Gasteiger partial charge is 0.448 e. The van der Waals surface area contributed by atoms with Crippen LogP contribution < -0.4 is 5.32 Å². The Morgan fingerprint density at radius 2 is 1.84 bits per heavy atom. The number of carbonyl (C=O) groups is 1. The molecule has 0 bridgehead atoms. The minimum Gasteiger partial charge on any atom is -0.448 e. The maximum absolute atomic E-state index is 12.0. The standard InChI is InChI=1S/C15H18N2O2/c1-9-5-10(2)15(11(3)6-9)17-14(18)7-13-12(4)16-8-19-13/h5-6,8H,7H2,1-4H3,(H,17,18). The fraction of sp³-hybridized carbons (Fsp3) is 0.333. The average Bonchev–Trinajstić information content (AvgIpc) is 2.69. The number of nitrogens with one attached hydrogen (secondary N) is 1. The van der Waals surface area contributed by atoms with Crippen LogP contribution in [-0.4, -0.2) is 10.9 Å². The van der Waals surface area contributed by atoms with E-state index >= 15 is 0 Å². The van der Waals surface area contributed by atoms with Crippen molar-refractivity contribution in [1.82, 2.24) is 4.98 Å². The Labute approximate surface area is 112 Å². The van der Waals surface area contributed by atoms with E-state index in [1.165, 1.54) is 12.0 Å². The summed E-state index contributed by atoms with van der Waals surface area (Å²) in [6.45, 7) is 7.86. The number of aromatic nitrogens is 1. The molecule has 0 radical (unpaired) electrons. The van der Waals surface area contributed by atoms with Gasteiger partial charge in [0.05, 0.1) is 12.1 Å². The fourth-order valence-electron chi connectivity index (χ4n) is 2.20. The van der Waals surface area contributed by atoms with Crippen LogP contribution in [0.15, 0.2) is 22.9 Å². The number of amides is 1. The first kappa shape index (κ1) is 13.3. The van der Waals surface area contributed by atoms with Crippen molar-refractivity contribution in [3.8, 4) is 0 Å². The number of hydrogen-bond acceptors (Lipinski definition) is 3. The normalized spacial score (nSPS) is 10.5. The first-order valence-electron chi connectivity index (χ1n) is 6.24. The highest BCUT2D eigenvalue weighted by atomic mass is 16.3. The molecule has 0 atom stereocenters. The predicted octanol–water partition coefficient (Wildman–Crippen LogP) is 3.09. The van der Waals surface area contributed by atoms with E-state index in [1.54, 1.807) is 0 Å². The Balaban J connectivity index is 2.14. The molecule has 0 aliphatic heterocycles. The monoisotopic (exact) mass is 258 g/mol. The summed E-state index contributed by atoms with van der Waals surface area (Å²) in [5.41, 5.74) is 4.97. The lowest BCUT2D eigenvalue weighted by molar-refractivity contribution is -0.115. The van der Waals surface area contributed by atoms with Crippen LogP contribution in [0.3, 0.4) is 0 Å². The number of hydrogen-bond donors (Lipinski definition) is 1. The maximum Gasteiger partial charge on any atom is 0.232 e. The molecule has 0 unspecified atom stereocenters. The van der Waals surface area contributed by atoms with Crippen LogP contribution in [0.2, 0.25) is 0 Å². The second-order valence-electron chi connectivity index (χ2n) is 4.86. The summed E-state index contributed by atoms with van der Waals surface area (Å²) < 4.78 is 5.18. The van der Waals surface area contributed by atoms with Gasteiger partial charge >= 0.3 is 0 Å². The summed E-state index contributed by atoms with van der Waals surface area (Å²) in [6, 6.07) is 4.12. The van der Waals surface area contributed by atoms with Gasteiger partial charge < -0.3 is 9.73 Å². The van der Waals surface area contributed by atoms with Gasteiger partial charge in [0.15, 0.2) is 6.39 Å². The third-order valence-electron chi connectivity index (χ3n) is 3.11. The molecule has 0 spiro atoms. The molecule has 1 aromatic heterocycles. The lowest BCUT2D eigenvalue weighted by Crippen LogP contribution is -2.16. The third kappa shape index (κ3) is 3.02. The fourth-order valence-corrected chi connectivity index (χ4v) is 2.20. The van der Waals surface area contributed by atoms with Crippen LogP contribution in [0.5, 0.6) is 0 Å². The highest BCUT2D eigenvalue weighted by Gasteiger charge is 2.12. The Bertz CT molecular complexity index is 591. The second kappa shape index (κ2) is 5.26. The minimum absolute atomic E-state index is 0.0881.